The number of aryl methyl sites for hydroxylation is 1. The van der Waals surface area contributed by atoms with E-state index < -0.39 is 0 Å². The zero-order valence-electron chi connectivity index (χ0n) is 22.3. The van der Waals surface area contributed by atoms with Gasteiger partial charge in [-0.2, -0.15) is 5.10 Å². The second kappa shape index (κ2) is 12.1. The van der Waals surface area contributed by atoms with Crippen LogP contribution < -0.4 is 16.0 Å². The van der Waals surface area contributed by atoms with Crippen molar-refractivity contribution in [3.05, 3.63) is 89.0 Å². The van der Waals surface area contributed by atoms with Gasteiger partial charge in [-0.3, -0.25) is 9.59 Å². The number of hydrogen-bond acceptors (Lipinski definition) is 4. The predicted octanol–water partition coefficient (Wildman–Crippen LogP) is 5.30. The topological polar surface area (TPSA) is 104 Å². The van der Waals surface area contributed by atoms with Crippen LogP contribution in [0.25, 0.3) is 28.5 Å². The van der Waals surface area contributed by atoms with E-state index in [0.29, 0.717) is 23.7 Å². The summed E-state index contributed by atoms with van der Waals surface area (Å²) in [4.78, 5) is 29.3. The van der Waals surface area contributed by atoms with Gasteiger partial charge in [0, 0.05) is 47.0 Å². The Balaban J connectivity index is 0.00000185. The molecule has 2 aliphatic rings. The number of H-pyrrole nitrogens is 1. The minimum absolute atomic E-state index is 0. The number of para-hydroxylation sites is 1. The number of nitrogens with one attached hydrogen (secondary N) is 4. The number of halogens is 2. The monoisotopic (exact) mass is 578 g/mol. The minimum Gasteiger partial charge on any atom is -0.358 e. The van der Waals surface area contributed by atoms with Crippen molar-refractivity contribution in [3.8, 4) is 16.8 Å². The molecule has 6 rings (SSSR count). The van der Waals surface area contributed by atoms with Gasteiger partial charge in [0.1, 0.15) is 0 Å². The van der Waals surface area contributed by atoms with Gasteiger partial charge in [0.25, 0.3) is 11.8 Å². The van der Waals surface area contributed by atoms with E-state index in [2.05, 4.69) is 26.0 Å². The summed E-state index contributed by atoms with van der Waals surface area (Å²) in [6.07, 6.45) is 7.87. The van der Waals surface area contributed by atoms with Crippen molar-refractivity contribution in [2.45, 2.75) is 32.7 Å². The lowest BCUT2D eigenvalue weighted by Crippen LogP contribution is -2.37. The second-order valence-electron chi connectivity index (χ2n) is 9.95. The average molecular weight is 580 g/mol. The predicted molar refractivity (Wildman–Crippen MR) is 164 cm³/mol. The first-order valence-electron chi connectivity index (χ1n) is 13.0. The average Bonchev–Trinajstić information content (AvgIpc) is 3.72. The van der Waals surface area contributed by atoms with Gasteiger partial charge in [-0.1, -0.05) is 24.3 Å². The zero-order chi connectivity index (χ0) is 26.2. The molecule has 0 spiro atoms. The Morgan fingerprint density at radius 3 is 2.67 bits per heavy atom. The normalized spacial score (nSPS) is 16.7. The summed E-state index contributed by atoms with van der Waals surface area (Å²) in [5, 5.41) is 13.9. The quantitative estimate of drug-likeness (QED) is 0.233. The molecule has 10 heteroatoms. The summed E-state index contributed by atoms with van der Waals surface area (Å²) in [7, 11) is 0. The number of carbonyl (C=O) groups excluding carboxylic acids is 2. The van der Waals surface area contributed by atoms with Crippen LogP contribution in [0.1, 0.15) is 45.7 Å². The van der Waals surface area contributed by atoms with Gasteiger partial charge in [-0.25, -0.2) is 4.68 Å². The Morgan fingerprint density at radius 2 is 1.93 bits per heavy atom. The molecule has 4 heterocycles. The first-order valence-corrected chi connectivity index (χ1v) is 13.0. The van der Waals surface area contributed by atoms with Crippen molar-refractivity contribution < 1.29 is 9.59 Å². The van der Waals surface area contributed by atoms with E-state index in [4.69, 9.17) is 0 Å². The van der Waals surface area contributed by atoms with Crippen molar-refractivity contribution in [1.29, 1.82) is 0 Å². The minimum atomic E-state index is -0.165. The maximum atomic E-state index is 13.0. The molecule has 0 saturated carbocycles. The lowest BCUT2D eigenvalue weighted by Gasteiger charge is -2.11. The van der Waals surface area contributed by atoms with E-state index in [1.807, 2.05) is 85.5 Å². The van der Waals surface area contributed by atoms with Crippen molar-refractivity contribution in [2.75, 3.05) is 18.4 Å². The van der Waals surface area contributed by atoms with E-state index in [0.717, 1.165) is 64.4 Å². The summed E-state index contributed by atoms with van der Waals surface area (Å²) in [5.41, 5.74) is 8.06. The number of amides is 2. The van der Waals surface area contributed by atoms with E-state index in [-0.39, 0.29) is 36.6 Å². The van der Waals surface area contributed by atoms with Gasteiger partial charge in [0.15, 0.2) is 0 Å². The van der Waals surface area contributed by atoms with Gasteiger partial charge in [-0.15, -0.1) is 24.8 Å². The molecule has 2 aliphatic heterocycles. The van der Waals surface area contributed by atoms with Crippen LogP contribution in [-0.2, 0) is 4.79 Å². The molecule has 0 aliphatic carbocycles. The number of anilines is 1. The third-order valence-corrected chi connectivity index (χ3v) is 7.40. The van der Waals surface area contributed by atoms with Crippen LogP contribution in [0.4, 0.5) is 5.69 Å². The van der Waals surface area contributed by atoms with E-state index in [1.165, 1.54) is 0 Å². The molecule has 0 unspecified atom stereocenters. The SMILES string of the molecule is Cc1[nH]c(/C=C2\C(=O)Nc3ccc(-c4cnn(-c5ccccc5)c4)cc32)c(C)c1C(=O)NC[C@@H]1CCCN1.Cl.Cl. The number of hydrogen-bond donors (Lipinski definition) is 4. The molecule has 208 valence electrons. The van der Waals surface area contributed by atoms with Crippen molar-refractivity contribution in [3.63, 3.8) is 0 Å². The smallest absolute Gasteiger partial charge is 0.256 e. The molecular weight excluding hydrogens is 547 g/mol. The molecular formula is C30H32Cl2N6O2. The maximum absolute atomic E-state index is 13.0. The third kappa shape index (κ3) is 5.56. The Morgan fingerprint density at radius 1 is 1.12 bits per heavy atom. The number of benzene rings is 2. The van der Waals surface area contributed by atoms with Gasteiger partial charge < -0.3 is 20.9 Å². The molecule has 4 N–H and O–H groups in total. The van der Waals surface area contributed by atoms with E-state index in [1.54, 1.807) is 0 Å². The van der Waals surface area contributed by atoms with Gasteiger partial charge in [0.2, 0.25) is 0 Å². The summed E-state index contributed by atoms with van der Waals surface area (Å²) in [6, 6.07) is 16.2. The summed E-state index contributed by atoms with van der Waals surface area (Å²) < 4.78 is 1.84. The lowest BCUT2D eigenvalue weighted by molar-refractivity contribution is -0.110. The standard InChI is InChI=1S/C30H30N6O2.2ClH/c1-18-27(34-19(2)28(18)30(38)32-16-22-7-6-12-31-22)14-25-24-13-20(10-11-26(24)35-29(25)37)21-15-33-36(17-21)23-8-4-3-5-9-23;;/h3-5,8-11,13-15,17,22,31,34H,6-7,12,16H2,1-2H3,(H,32,38)(H,35,37);2*1H/b25-14-;;/t22-;;/m0../s1. The Kier molecular flexibility index (Phi) is 8.83. The van der Waals surface area contributed by atoms with Crippen LogP contribution in [0, 0.1) is 13.8 Å². The van der Waals surface area contributed by atoms with Crippen molar-refractivity contribution >= 4 is 54.0 Å². The number of nitrogens with zero attached hydrogens (tertiary/aromatic N) is 2. The fourth-order valence-electron chi connectivity index (χ4n) is 5.34. The number of fused-ring (bicyclic) bond motifs is 1. The lowest BCUT2D eigenvalue weighted by atomic mass is 9.99. The molecule has 1 fully saturated rings. The molecule has 2 aromatic carbocycles. The molecule has 0 bridgehead atoms. The van der Waals surface area contributed by atoms with Crippen molar-refractivity contribution in [1.82, 2.24) is 25.4 Å². The molecule has 40 heavy (non-hydrogen) atoms. The molecule has 1 saturated heterocycles. The highest BCUT2D eigenvalue weighted by atomic mass is 35.5. The van der Waals surface area contributed by atoms with E-state index >= 15 is 0 Å². The molecule has 2 amide bonds. The molecule has 0 radical (unpaired) electrons. The highest BCUT2D eigenvalue weighted by Gasteiger charge is 2.26. The van der Waals surface area contributed by atoms with Gasteiger partial charge in [0.05, 0.1) is 23.0 Å². The first-order chi connectivity index (χ1) is 18.5. The molecule has 2 aromatic heterocycles. The van der Waals surface area contributed by atoms with Gasteiger partial charge >= 0.3 is 0 Å². The highest BCUT2D eigenvalue weighted by molar-refractivity contribution is 6.35. The van der Waals surface area contributed by atoms with Crippen LogP contribution in [-0.4, -0.2) is 45.7 Å². The van der Waals surface area contributed by atoms with Crippen LogP contribution >= 0.6 is 24.8 Å². The molecule has 1 atom stereocenters. The van der Waals surface area contributed by atoms with Crippen LogP contribution in [0.3, 0.4) is 0 Å². The molecule has 8 nitrogen and oxygen atoms in total. The third-order valence-electron chi connectivity index (χ3n) is 7.40. The van der Waals surface area contributed by atoms with Crippen LogP contribution in [0.2, 0.25) is 0 Å². The Hall–Kier alpha value is -3.85. The zero-order valence-corrected chi connectivity index (χ0v) is 23.9. The second-order valence-corrected chi connectivity index (χ2v) is 9.95. The first kappa shape index (κ1) is 29.1. The number of carbonyl (C=O) groups is 2. The molecule has 4 aromatic rings. The number of rotatable bonds is 6. The summed E-state index contributed by atoms with van der Waals surface area (Å²) >= 11 is 0. The highest BCUT2D eigenvalue weighted by Crippen LogP contribution is 2.37. The largest absolute Gasteiger partial charge is 0.358 e. The fraction of sp³-hybridized carbons (Fsp3) is 0.233. The van der Waals surface area contributed by atoms with Crippen LogP contribution in [0.5, 0.6) is 0 Å². The van der Waals surface area contributed by atoms with E-state index in [9.17, 15) is 9.59 Å². The summed E-state index contributed by atoms with van der Waals surface area (Å²) in [6.45, 7) is 5.42. The van der Waals surface area contributed by atoms with Gasteiger partial charge in [-0.05, 0) is 74.7 Å². The van der Waals surface area contributed by atoms with Crippen molar-refractivity contribution in [2.24, 2.45) is 0 Å². The fourth-order valence-corrected chi connectivity index (χ4v) is 5.34. The number of aromatic amines is 1. The summed E-state index contributed by atoms with van der Waals surface area (Å²) in [5.74, 6) is -0.259. The Bertz CT molecular complexity index is 1570. The van der Waals surface area contributed by atoms with Crippen LogP contribution in [0.15, 0.2) is 60.9 Å². The Labute approximate surface area is 245 Å². The number of aromatic nitrogens is 3. The maximum Gasteiger partial charge on any atom is 0.256 e.